The number of carbonyl (C=O) groups is 1. The molecule has 0 aliphatic carbocycles. The van der Waals surface area contributed by atoms with Crippen LogP contribution in [0.2, 0.25) is 5.02 Å². The molecule has 0 aliphatic rings. The van der Waals surface area contributed by atoms with Crippen molar-refractivity contribution in [2.24, 2.45) is 0 Å². The molecule has 1 amide bonds. The summed E-state index contributed by atoms with van der Waals surface area (Å²) in [5.74, 6) is 0.448. The molecule has 0 saturated heterocycles. The maximum absolute atomic E-state index is 12.3. The molecule has 1 heterocycles. The summed E-state index contributed by atoms with van der Waals surface area (Å²) in [4.78, 5) is 16.2. The highest BCUT2D eigenvalue weighted by Gasteiger charge is 2.16. The van der Waals surface area contributed by atoms with Crippen molar-refractivity contribution in [2.75, 3.05) is 25.3 Å². The van der Waals surface area contributed by atoms with Crippen molar-refractivity contribution < 1.29 is 14.3 Å². The lowest BCUT2D eigenvalue weighted by atomic mass is 10.1. The Bertz CT molecular complexity index is 677. The molecule has 0 fully saturated rings. The molecule has 3 N–H and O–H groups in total. The van der Waals surface area contributed by atoms with Crippen LogP contribution in [0.25, 0.3) is 0 Å². The van der Waals surface area contributed by atoms with Gasteiger partial charge in [0.1, 0.15) is 0 Å². The number of hydrogen-bond donors (Lipinski definition) is 2. The Kier molecular flexibility index (Phi) is 4.49. The number of carbonyl (C=O) groups excluding carboxylic acids is 1. The number of halogens is 1. The Morgan fingerprint density at radius 1 is 1.29 bits per heavy atom. The molecule has 110 valence electrons. The van der Waals surface area contributed by atoms with Gasteiger partial charge >= 0.3 is 0 Å². The van der Waals surface area contributed by atoms with Crippen LogP contribution in [0.15, 0.2) is 30.6 Å². The maximum Gasteiger partial charge on any atom is 0.257 e. The van der Waals surface area contributed by atoms with E-state index in [1.807, 2.05) is 0 Å². The average Bonchev–Trinajstić information content (AvgIpc) is 2.49. The van der Waals surface area contributed by atoms with Crippen LogP contribution in [0.5, 0.6) is 11.5 Å². The molecule has 1 aromatic heterocycles. The minimum absolute atomic E-state index is 0.257. The van der Waals surface area contributed by atoms with Gasteiger partial charge in [-0.25, -0.2) is 0 Å². The van der Waals surface area contributed by atoms with Gasteiger partial charge in [0.2, 0.25) is 0 Å². The summed E-state index contributed by atoms with van der Waals surface area (Å²) in [5, 5.41) is 3.03. The fraction of sp³-hybridized carbons (Fsp3) is 0.143. The number of ether oxygens (including phenoxy) is 2. The van der Waals surface area contributed by atoms with Crippen molar-refractivity contribution in [3.63, 3.8) is 0 Å². The topological polar surface area (TPSA) is 86.5 Å². The van der Waals surface area contributed by atoms with Gasteiger partial charge in [0, 0.05) is 18.0 Å². The van der Waals surface area contributed by atoms with E-state index in [2.05, 4.69) is 10.3 Å². The van der Waals surface area contributed by atoms with Crippen LogP contribution in [0.1, 0.15) is 10.4 Å². The zero-order chi connectivity index (χ0) is 15.4. The minimum atomic E-state index is -0.414. The molecule has 0 saturated carbocycles. The van der Waals surface area contributed by atoms with Gasteiger partial charge in [-0.05, 0) is 12.1 Å². The van der Waals surface area contributed by atoms with Gasteiger partial charge in [0.05, 0.1) is 36.7 Å². The van der Waals surface area contributed by atoms with Gasteiger partial charge in [0.25, 0.3) is 5.91 Å². The lowest BCUT2D eigenvalue weighted by molar-refractivity contribution is 0.102. The van der Waals surface area contributed by atoms with E-state index in [0.717, 1.165) is 0 Å². The molecule has 6 nitrogen and oxygen atoms in total. The van der Waals surface area contributed by atoms with Crippen LogP contribution >= 0.6 is 11.6 Å². The lowest BCUT2D eigenvalue weighted by Crippen LogP contribution is -2.15. The molecular formula is C14H14ClN3O3. The van der Waals surface area contributed by atoms with Crippen molar-refractivity contribution in [1.29, 1.82) is 0 Å². The fourth-order valence-electron chi connectivity index (χ4n) is 1.75. The number of nitrogens with zero attached hydrogens (tertiary/aromatic N) is 1. The second-order valence-electron chi connectivity index (χ2n) is 4.10. The number of hydrogen-bond acceptors (Lipinski definition) is 5. The predicted molar refractivity (Wildman–Crippen MR) is 81.2 cm³/mol. The predicted octanol–water partition coefficient (Wildman–Crippen LogP) is 2.59. The number of rotatable bonds is 4. The van der Waals surface area contributed by atoms with E-state index >= 15 is 0 Å². The highest BCUT2D eigenvalue weighted by Crippen LogP contribution is 2.32. The average molecular weight is 308 g/mol. The minimum Gasteiger partial charge on any atom is -0.493 e. The Labute approximate surface area is 126 Å². The molecule has 0 atom stereocenters. The van der Waals surface area contributed by atoms with Crippen molar-refractivity contribution in [2.45, 2.75) is 0 Å². The molecule has 0 radical (unpaired) electrons. The number of pyridine rings is 1. The summed E-state index contributed by atoms with van der Waals surface area (Å²) >= 11 is 5.97. The molecule has 0 spiro atoms. The smallest absolute Gasteiger partial charge is 0.257 e. The molecule has 1 aromatic carbocycles. The molecule has 2 rings (SSSR count). The first-order chi connectivity index (χ1) is 10.1. The van der Waals surface area contributed by atoms with Gasteiger partial charge in [-0.2, -0.15) is 0 Å². The standard InChI is InChI=1S/C14H14ClN3O3/c1-20-12-5-8(10(16)6-13(12)21-2)14(19)18-11-7-17-4-3-9(11)15/h3-7H,16H2,1-2H3,(H,18,19). The number of nitrogens with one attached hydrogen (secondary N) is 1. The number of benzene rings is 1. The Morgan fingerprint density at radius 3 is 2.57 bits per heavy atom. The summed E-state index contributed by atoms with van der Waals surface area (Å²) < 4.78 is 10.3. The Balaban J connectivity index is 2.33. The molecule has 7 heteroatoms. The first kappa shape index (κ1) is 14.9. The van der Waals surface area contributed by atoms with E-state index in [4.69, 9.17) is 26.8 Å². The van der Waals surface area contributed by atoms with Crippen LogP contribution in [-0.2, 0) is 0 Å². The van der Waals surface area contributed by atoms with Crippen molar-refractivity contribution in [3.05, 3.63) is 41.2 Å². The lowest BCUT2D eigenvalue weighted by Gasteiger charge is -2.13. The number of methoxy groups -OCH3 is 2. The fourth-order valence-corrected chi connectivity index (χ4v) is 1.90. The van der Waals surface area contributed by atoms with E-state index in [9.17, 15) is 4.79 Å². The highest BCUT2D eigenvalue weighted by molar-refractivity contribution is 6.33. The first-order valence-electron chi connectivity index (χ1n) is 5.99. The van der Waals surface area contributed by atoms with Crippen LogP contribution in [-0.4, -0.2) is 25.1 Å². The summed E-state index contributed by atoms with van der Waals surface area (Å²) in [5.41, 5.74) is 6.80. The van der Waals surface area contributed by atoms with Gasteiger partial charge in [-0.15, -0.1) is 0 Å². The van der Waals surface area contributed by atoms with Gasteiger partial charge in [-0.3, -0.25) is 9.78 Å². The number of aromatic nitrogens is 1. The van der Waals surface area contributed by atoms with Gasteiger partial charge in [0.15, 0.2) is 11.5 Å². The molecule has 0 unspecified atom stereocenters. The molecule has 2 aromatic rings. The van der Waals surface area contributed by atoms with Gasteiger partial charge in [-0.1, -0.05) is 11.6 Å². The third kappa shape index (κ3) is 3.17. The zero-order valence-electron chi connectivity index (χ0n) is 11.5. The van der Waals surface area contributed by atoms with Crippen molar-refractivity contribution in [3.8, 4) is 11.5 Å². The molecular weight excluding hydrogens is 294 g/mol. The van der Waals surface area contributed by atoms with Crippen LogP contribution in [0.3, 0.4) is 0 Å². The number of nitrogen functional groups attached to an aromatic ring is 1. The van der Waals surface area contributed by atoms with E-state index in [1.165, 1.54) is 38.7 Å². The van der Waals surface area contributed by atoms with E-state index in [0.29, 0.717) is 22.2 Å². The normalized spacial score (nSPS) is 10.0. The third-order valence-electron chi connectivity index (χ3n) is 2.82. The molecule has 0 bridgehead atoms. The summed E-state index contributed by atoms with van der Waals surface area (Å²) in [6.07, 6.45) is 2.99. The number of anilines is 2. The summed E-state index contributed by atoms with van der Waals surface area (Å²) in [6.45, 7) is 0. The third-order valence-corrected chi connectivity index (χ3v) is 3.15. The summed E-state index contributed by atoms with van der Waals surface area (Å²) in [7, 11) is 2.97. The summed E-state index contributed by atoms with van der Waals surface area (Å²) in [6, 6.07) is 4.61. The van der Waals surface area contributed by atoms with Crippen molar-refractivity contribution >= 4 is 28.9 Å². The van der Waals surface area contributed by atoms with E-state index in [1.54, 1.807) is 6.07 Å². The quantitative estimate of drug-likeness (QED) is 0.848. The Morgan fingerprint density at radius 2 is 1.95 bits per heavy atom. The van der Waals surface area contributed by atoms with Gasteiger partial charge < -0.3 is 20.5 Å². The molecule has 0 aliphatic heterocycles. The second kappa shape index (κ2) is 6.32. The zero-order valence-corrected chi connectivity index (χ0v) is 12.3. The Hall–Kier alpha value is -2.47. The highest BCUT2D eigenvalue weighted by atomic mass is 35.5. The second-order valence-corrected chi connectivity index (χ2v) is 4.51. The monoisotopic (exact) mass is 307 g/mol. The van der Waals surface area contributed by atoms with E-state index in [-0.39, 0.29) is 11.3 Å². The largest absolute Gasteiger partial charge is 0.493 e. The van der Waals surface area contributed by atoms with Crippen molar-refractivity contribution in [1.82, 2.24) is 4.98 Å². The number of amides is 1. The van der Waals surface area contributed by atoms with E-state index < -0.39 is 5.91 Å². The maximum atomic E-state index is 12.3. The van der Waals surface area contributed by atoms with Crippen LogP contribution < -0.4 is 20.5 Å². The molecule has 21 heavy (non-hydrogen) atoms. The first-order valence-corrected chi connectivity index (χ1v) is 6.37. The number of nitrogens with two attached hydrogens (primary N) is 1. The van der Waals surface area contributed by atoms with Crippen LogP contribution in [0.4, 0.5) is 11.4 Å². The SMILES string of the molecule is COc1cc(N)c(C(=O)Nc2cnccc2Cl)cc1OC. The van der Waals surface area contributed by atoms with Crippen LogP contribution in [0, 0.1) is 0 Å².